The molecule has 12 heavy (non-hydrogen) atoms. The Labute approximate surface area is 91.5 Å². The van der Waals surface area contributed by atoms with Crippen molar-refractivity contribution in [1.29, 1.82) is 0 Å². The Balaban J connectivity index is 0. The van der Waals surface area contributed by atoms with Gasteiger partial charge in [-0.25, -0.2) is 4.79 Å². The molecular formula is C4H4BrCl3O4. The minimum Gasteiger partial charge on any atom is -0.481 e. The largest absolute Gasteiger partial charge is 0.481 e. The Kier molecular flexibility index (Phi) is 8.34. The molecular weight excluding hydrogens is 298 g/mol. The first-order valence-corrected chi connectivity index (χ1v) is 4.55. The van der Waals surface area contributed by atoms with Crippen LogP contribution in [-0.4, -0.2) is 31.3 Å². The van der Waals surface area contributed by atoms with Gasteiger partial charge in [-0.15, -0.1) is 0 Å². The Morgan fingerprint density at radius 3 is 1.42 bits per heavy atom. The number of hydrogen-bond donors (Lipinski definition) is 2. The van der Waals surface area contributed by atoms with E-state index < -0.39 is 15.7 Å². The van der Waals surface area contributed by atoms with Crippen molar-refractivity contribution >= 4 is 62.7 Å². The molecule has 2 N–H and O–H groups in total. The Bertz CT molecular complexity index is 166. The molecule has 0 aromatic heterocycles. The molecule has 0 saturated heterocycles. The van der Waals surface area contributed by atoms with Crippen LogP contribution in [0.4, 0.5) is 0 Å². The summed E-state index contributed by atoms with van der Waals surface area (Å²) in [6.07, 6.45) is 0. The molecule has 4 nitrogen and oxygen atoms in total. The summed E-state index contributed by atoms with van der Waals surface area (Å²) in [6.45, 7) is 0. The summed E-state index contributed by atoms with van der Waals surface area (Å²) < 4.78 is -2.17. The van der Waals surface area contributed by atoms with Crippen LogP contribution in [0.3, 0.4) is 0 Å². The van der Waals surface area contributed by atoms with E-state index in [2.05, 4.69) is 15.9 Å². The average Bonchev–Trinajstić information content (AvgIpc) is 1.87. The maximum atomic E-state index is 9.62. The Morgan fingerprint density at radius 1 is 1.25 bits per heavy atom. The number of aliphatic carboxylic acids is 2. The highest BCUT2D eigenvalue weighted by Crippen LogP contribution is 2.25. The van der Waals surface area contributed by atoms with Gasteiger partial charge in [0.25, 0.3) is 3.79 Å². The average molecular weight is 302 g/mol. The van der Waals surface area contributed by atoms with E-state index in [-0.39, 0.29) is 5.33 Å². The van der Waals surface area contributed by atoms with E-state index in [0.29, 0.717) is 0 Å². The number of carboxylic acids is 2. The minimum absolute atomic E-state index is 0.0347. The number of carboxylic acid groups (broad SMARTS) is 2. The van der Waals surface area contributed by atoms with Gasteiger partial charge in [-0.2, -0.15) is 0 Å². The second-order valence-electron chi connectivity index (χ2n) is 1.33. The highest BCUT2D eigenvalue weighted by atomic mass is 79.9. The Morgan fingerprint density at radius 2 is 1.42 bits per heavy atom. The summed E-state index contributed by atoms with van der Waals surface area (Å²) in [4.78, 5) is 18.9. The van der Waals surface area contributed by atoms with Crippen molar-refractivity contribution in [3.05, 3.63) is 0 Å². The van der Waals surface area contributed by atoms with E-state index in [1.54, 1.807) is 0 Å². The first-order chi connectivity index (χ1) is 5.21. The Hall–Kier alpha value is 0.290. The molecule has 0 rings (SSSR count). The molecule has 0 spiro atoms. The van der Waals surface area contributed by atoms with Gasteiger partial charge in [0.15, 0.2) is 0 Å². The zero-order chi connectivity index (χ0) is 10.4. The van der Waals surface area contributed by atoms with E-state index in [4.69, 9.17) is 45.0 Å². The van der Waals surface area contributed by atoms with E-state index in [1.807, 2.05) is 0 Å². The van der Waals surface area contributed by atoms with Crippen molar-refractivity contribution in [3.63, 3.8) is 0 Å². The van der Waals surface area contributed by atoms with Crippen LogP contribution in [0.1, 0.15) is 0 Å². The molecule has 8 heteroatoms. The van der Waals surface area contributed by atoms with Gasteiger partial charge in [0.05, 0.1) is 0 Å². The molecule has 0 heterocycles. The fraction of sp³-hybridized carbons (Fsp3) is 0.500. The van der Waals surface area contributed by atoms with Crippen LogP contribution in [0, 0.1) is 0 Å². The second-order valence-corrected chi connectivity index (χ2v) is 4.17. The highest BCUT2D eigenvalue weighted by Gasteiger charge is 2.29. The van der Waals surface area contributed by atoms with E-state index in [9.17, 15) is 9.59 Å². The molecule has 0 aromatic carbocycles. The van der Waals surface area contributed by atoms with Gasteiger partial charge in [0.2, 0.25) is 0 Å². The van der Waals surface area contributed by atoms with Crippen LogP contribution in [0.5, 0.6) is 0 Å². The molecule has 72 valence electrons. The van der Waals surface area contributed by atoms with Crippen LogP contribution in [-0.2, 0) is 9.59 Å². The van der Waals surface area contributed by atoms with E-state index in [1.165, 1.54) is 0 Å². The van der Waals surface area contributed by atoms with Crippen molar-refractivity contribution in [2.75, 3.05) is 5.33 Å². The van der Waals surface area contributed by atoms with Crippen molar-refractivity contribution < 1.29 is 19.8 Å². The third-order valence-electron chi connectivity index (χ3n) is 0.357. The van der Waals surface area contributed by atoms with Gasteiger partial charge < -0.3 is 10.2 Å². The quantitative estimate of drug-likeness (QED) is 0.726. The van der Waals surface area contributed by atoms with Crippen LogP contribution >= 0.6 is 50.7 Å². The molecule has 0 aliphatic carbocycles. The first kappa shape index (κ1) is 14.8. The number of halogens is 4. The van der Waals surface area contributed by atoms with E-state index >= 15 is 0 Å². The van der Waals surface area contributed by atoms with Crippen molar-refractivity contribution in [3.8, 4) is 0 Å². The van der Waals surface area contributed by atoms with Crippen molar-refractivity contribution in [2.45, 2.75) is 3.79 Å². The molecule has 0 aliphatic rings. The van der Waals surface area contributed by atoms with Crippen LogP contribution in [0.25, 0.3) is 0 Å². The summed E-state index contributed by atoms with van der Waals surface area (Å²) >= 11 is 17.1. The molecule has 0 amide bonds. The first-order valence-electron chi connectivity index (χ1n) is 2.29. The molecule has 0 atom stereocenters. The zero-order valence-electron chi connectivity index (χ0n) is 5.43. The van der Waals surface area contributed by atoms with Gasteiger partial charge in [0.1, 0.15) is 5.33 Å². The molecule has 0 unspecified atom stereocenters. The van der Waals surface area contributed by atoms with Gasteiger partial charge in [-0.3, -0.25) is 4.79 Å². The monoisotopic (exact) mass is 300 g/mol. The fourth-order valence-corrected chi connectivity index (χ4v) is 0. The summed E-state index contributed by atoms with van der Waals surface area (Å²) in [5, 5.41) is 15.6. The molecule has 0 bridgehead atoms. The highest BCUT2D eigenvalue weighted by molar-refractivity contribution is 9.09. The summed E-state index contributed by atoms with van der Waals surface area (Å²) in [6, 6.07) is 0. The SMILES string of the molecule is O=C(O)C(Cl)(Cl)Cl.O=C(O)CBr. The van der Waals surface area contributed by atoms with Crippen LogP contribution in [0.15, 0.2) is 0 Å². The van der Waals surface area contributed by atoms with Gasteiger partial charge in [-0.1, -0.05) is 50.7 Å². The fourth-order valence-electron chi connectivity index (χ4n) is 0. The predicted molar refractivity (Wildman–Crippen MR) is 49.4 cm³/mol. The molecule has 0 aliphatic heterocycles. The third kappa shape index (κ3) is 12.9. The molecule has 0 aromatic rings. The summed E-state index contributed by atoms with van der Waals surface area (Å²) in [5.41, 5.74) is 0. The number of hydrogen-bond acceptors (Lipinski definition) is 2. The minimum atomic E-state index is -2.17. The lowest BCUT2D eigenvalue weighted by molar-refractivity contribution is -0.136. The van der Waals surface area contributed by atoms with Crippen LogP contribution < -0.4 is 0 Å². The van der Waals surface area contributed by atoms with Crippen molar-refractivity contribution in [2.24, 2.45) is 0 Å². The van der Waals surface area contributed by atoms with Gasteiger partial charge in [-0.05, 0) is 0 Å². The lowest BCUT2D eigenvalue weighted by Crippen LogP contribution is -2.16. The van der Waals surface area contributed by atoms with Gasteiger partial charge in [0, 0.05) is 0 Å². The lowest BCUT2D eigenvalue weighted by Gasteiger charge is -1.99. The smallest absolute Gasteiger partial charge is 0.356 e. The maximum absolute atomic E-state index is 9.62. The second kappa shape index (κ2) is 6.77. The lowest BCUT2D eigenvalue weighted by atomic mass is 10.8. The van der Waals surface area contributed by atoms with E-state index in [0.717, 1.165) is 0 Å². The standard InChI is InChI=1S/C2H3BrO2.C2HCl3O2/c3-1-2(4)5;3-2(4,5)1(6)7/h1H2,(H,4,5);(H,6,7). The molecule has 0 fully saturated rings. The number of alkyl halides is 4. The molecule has 0 saturated carbocycles. The van der Waals surface area contributed by atoms with Crippen LogP contribution in [0.2, 0.25) is 0 Å². The van der Waals surface area contributed by atoms with Gasteiger partial charge >= 0.3 is 11.9 Å². The zero-order valence-corrected chi connectivity index (χ0v) is 9.28. The third-order valence-corrected chi connectivity index (χ3v) is 1.32. The predicted octanol–water partition coefficient (Wildman–Crippen LogP) is 1.91. The molecule has 0 radical (unpaired) electrons. The number of carbonyl (C=O) groups is 2. The summed E-state index contributed by atoms with van der Waals surface area (Å²) in [5.74, 6) is -2.29. The maximum Gasteiger partial charge on any atom is 0.356 e. The number of rotatable bonds is 1. The van der Waals surface area contributed by atoms with Crippen molar-refractivity contribution in [1.82, 2.24) is 0 Å². The summed E-state index contributed by atoms with van der Waals surface area (Å²) in [7, 11) is 0. The topological polar surface area (TPSA) is 74.6 Å². The normalized spacial score (nSPS) is 9.67.